The predicted molar refractivity (Wildman–Crippen MR) is 74.0 cm³/mol. The number of ether oxygens (including phenoxy) is 1. The molecule has 21 heavy (non-hydrogen) atoms. The van der Waals surface area contributed by atoms with Crippen LogP contribution in [0.5, 0.6) is 5.75 Å². The van der Waals surface area contributed by atoms with Crippen molar-refractivity contribution in [3.8, 4) is 5.75 Å². The molecule has 114 valence electrons. The van der Waals surface area contributed by atoms with Gasteiger partial charge in [-0.1, -0.05) is 18.2 Å². The minimum absolute atomic E-state index is 0.0225. The number of β-amino-alcohol motifs (C(OH)–C–C–N with tert-alkyl or cyclic N) is 1. The van der Waals surface area contributed by atoms with E-state index in [0.29, 0.717) is 5.75 Å². The van der Waals surface area contributed by atoms with Gasteiger partial charge in [0.2, 0.25) is 0 Å². The van der Waals surface area contributed by atoms with E-state index in [0.717, 1.165) is 10.5 Å². The Morgan fingerprint density at radius 3 is 2.81 bits per heavy atom. The standard InChI is InChI=1S/C14H18N2O5/c1-21-12-5-3-2-4-9(12)7-15-14(20)16-8-10(17)6-11(16)13(18)19/h2-5,10-11,17H,6-8H2,1H3,(H,15,20)(H,18,19)/t10?,11-/m0/s1. The molecule has 1 aliphatic heterocycles. The third-order valence-corrected chi connectivity index (χ3v) is 3.45. The van der Waals surface area contributed by atoms with E-state index in [-0.39, 0.29) is 19.5 Å². The van der Waals surface area contributed by atoms with E-state index in [9.17, 15) is 14.7 Å². The second kappa shape index (κ2) is 6.45. The lowest BCUT2D eigenvalue weighted by Crippen LogP contribution is -2.45. The predicted octanol–water partition coefficient (Wildman–Crippen LogP) is 0.425. The lowest BCUT2D eigenvalue weighted by atomic mass is 10.2. The van der Waals surface area contributed by atoms with Crippen LogP contribution < -0.4 is 10.1 Å². The van der Waals surface area contributed by atoms with Gasteiger partial charge in [0, 0.05) is 25.1 Å². The molecule has 0 bridgehead atoms. The van der Waals surface area contributed by atoms with Crippen LogP contribution in [0.25, 0.3) is 0 Å². The van der Waals surface area contributed by atoms with E-state index in [4.69, 9.17) is 9.84 Å². The molecule has 0 aliphatic carbocycles. The molecule has 7 nitrogen and oxygen atoms in total. The van der Waals surface area contributed by atoms with Crippen LogP contribution in [0.2, 0.25) is 0 Å². The molecular formula is C14H18N2O5. The number of nitrogens with one attached hydrogen (secondary N) is 1. The Morgan fingerprint density at radius 2 is 2.14 bits per heavy atom. The fourth-order valence-corrected chi connectivity index (χ4v) is 2.39. The highest BCUT2D eigenvalue weighted by Gasteiger charge is 2.38. The fourth-order valence-electron chi connectivity index (χ4n) is 2.39. The number of carboxylic acid groups (broad SMARTS) is 1. The van der Waals surface area contributed by atoms with Crippen LogP contribution in [0.3, 0.4) is 0 Å². The van der Waals surface area contributed by atoms with Crippen LogP contribution in [-0.4, -0.2) is 52.9 Å². The summed E-state index contributed by atoms with van der Waals surface area (Å²) in [5.74, 6) is -0.465. The van der Waals surface area contributed by atoms with Crippen molar-refractivity contribution in [2.24, 2.45) is 0 Å². The average molecular weight is 294 g/mol. The van der Waals surface area contributed by atoms with Gasteiger partial charge in [-0.2, -0.15) is 0 Å². The molecule has 3 N–H and O–H groups in total. The normalized spacial score (nSPS) is 21.1. The van der Waals surface area contributed by atoms with Crippen LogP contribution in [0.15, 0.2) is 24.3 Å². The molecule has 2 amide bonds. The molecule has 1 saturated heterocycles. The van der Waals surface area contributed by atoms with Crippen LogP contribution in [0.1, 0.15) is 12.0 Å². The SMILES string of the molecule is COc1ccccc1CNC(=O)N1CC(O)C[C@H]1C(=O)O. The second-order valence-electron chi connectivity index (χ2n) is 4.87. The molecule has 1 aromatic carbocycles. The molecule has 1 aromatic rings. The van der Waals surface area contributed by atoms with Gasteiger partial charge < -0.3 is 25.2 Å². The Balaban J connectivity index is 2.00. The molecule has 1 heterocycles. The molecule has 0 radical (unpaired) electrons. The van der Waals surface area contributed by atoms with Gasteiger partial charge in [-0.3, -0.25) is 0 Å². The molecular weight excluding hydrogens is 276 g/mol. The molecule has 7 heteroatoms. The van der Waals surface area contributed by atoms with Gasteiger partial charge in [-0.15, -0.1) is 0 Å². The summed E-state index contributed by atoms with van der Waals surface area (Å²) < 4.78 is 5.18. The number of carbonyl (C=O) groups is 2. The number of aliphatic hydroxyl groups is 1. The number of likely N-dealkylation sites (tertiary alicyclic amines) is 1. The minimum Gasteiger partial charge on any atom is -0.496 e. The summed E-state index contributed by atoms with van der Waals surface area (Å²) >= 11 is 0. The number of carboxylic acids is 1. The van der Waals surface area contributed by atoms with Gasteiger partial charge in [0.1, 0.15) is 11.8 Å². The number of hydrogen-bond donors (Lipinski definition) is 3. The van der Waals surface area contributed by atoms with Gasteiger partial charge in [0.15, 0.2) is 0 Å². The quantitative estimate of drug-likeness (QED) is 0.747. The van der Waals surface area contributed by atoms with Crippen molar-refractivity contribution in [2.75, 3.05) is 13.7 Å². The maximum absolute atomic E-state index is 12.1. The van der Waals surface area contributed by atoms with E-state index in [1.54, 1.807) is 6.07 Å². The maximum Gasteiger partial charge on any atom is 0.326 e. The van der Waals surface area contributed by atoms with Gasteiger partial charge in [-0.05, 0) is 6.07 Å². The number of urea groups is 1. The Morgan fingerprint density at radius 1 is 1.43 bits per heavy atom. The second-order valence-corrected chi connectivity index (χ2v) is 4.87. The minimum atomic E-state index is -1.11. The average Bonchev–Trinajstić information content (AvgIpc) is 2.87. The number of para-hydroxylation sites is 1. The molecule has 2 atom stereocenters. The van der Waals surface area contributed by atoms with E-state index < -0.39 is 24.1 Å². The Bertz CT molecular complexity index is 534. The van der Waals surface area contributed by atoms with Crippen molar-refractivity contribution in [3.05, 3.63) is 29.8 Å². The molecule has 0 spiro atoms. The number of hydrogen-bond acceptors (Lipinski definition) is 4. The molecule has 1 aliphatic rings. The van der Waals surface area contributed by atoms with Crippen molar-refractivity contribution in [2.45, 2.75) is 25.1 Å². The highest BCUT2D eigenvalue weighted by atomic mass is 16.5. The third kappa shape index (κ3) is 3.43. The van der Waals surface area contributed by atoms with Crippen molar-refractivity contribution in [1.29, 1.82) is 0 Å². The van der Waals surface area contributed by atoms with Crippen LogP contribution >= 0.6 is 0 Å². The van der Waals surface area contributed by atoms with Gasteiger partial charge in [-0.25, -0.2) is 9.59 Å². The van der Waals surface area contributed by atoms with E-state index >= 15 is 0 Å². The lowest BCUT2D eigenvalue weighted by molar-refractivity contribution is -0.141. The van der Waals surface area contributed by atoms with Crippen LogP contribution in [0, 0.1) is 0 Å². The molecule has 1 fully saturated rings. The van der Waals surface area contributed by atoms with Gasteiger partial charge in [0.05, 0.1) is 13.2 Å². The van der Waals surface area contributed by atoms with Crippen molar-refractivity contribution >= 4 is 12.0 Å². The van der Waals surface area contributed by atoms with Crippen molar-refractivity contribution < 1.29 is 24.5 Å². The smallest absolute Gasteiger partial charge is 0.326 e. The number of benzene rings is 1. The summed E-state index contributed by atoms with van der Waals surface area (Å²) in [5.41, 5.74) is 0.792. The number of rotatable bonds is 4. The summed E-state index contributed by atoms with van der Waals surface area (Å²) in [6.45, 7) is 0.247. The lowest BCUT2D eigenvalue weighted by Gasteiger charge is -2.21. The molecule has 0 saturated carbocycles. The zero-order valence-corrected chi connectivity index (χ0v) is 11.7. The number of aliphatic carboxylic acids is 1. The maximum atomic E-state index is 12.1. The highest BCUT2D eigenvalue weighted by Crippen LogP contribution is 2.20. The molecule has 0 aromatic heterocycles. The summed E-state index contributed by atoms with van der Waals surface area (Å²) in [5, 5.41) is 21.2. The summed E-state index contributed by atoms with van der Waals surface area (Å²) in [7, 11) is 1.54. The van der Waals surface area contributed by atoms with Crippen molar-refractivity contribution in [1.82, 2.24) is 10.2 Å². The first-order chi connectivity index (χ1) is 10.0. The van der Waals surface area contributed by atoms with E-state index in [1.807, 2.05) is 18.2 Å². The number of carbonyl (C=O) groups excluding carboxylic acids is 1. The third-order valence-electron chi connectivity index (χ3n) is 3.45. The number of amides is 2. The topological polar surface area (TPSA) is 99.1 Å². The number of aliphatic hydroxyl groups excluding tert-OH is 1. The number of methoxy groups -OCH3 is 1. The first-order valence-corrected chi connectivity index (χ1v) is 6.60. The Kier molecular flexibility index (Phi) is 4.64. The Labute approximate surface area is 122 Å². The Hall–Kier alpha value is -2.28. The number of nitrogens with zero attached hydrogens (tertiary/aromatic N) is 1. The highest BCUT2D eigenvalue weighted by molar-refractivity contribution is 5.83. The first kappa shape index (κ1) is 15.1. The molecule has 1 unspecified atom stereocenters. The van der Waals surface area contributed by atoms with Gasteiger partial charge in [0.25, 0.3) is 0 Å². The molecule has 2 rings (SSSR count). The largest absolute Gasteiger partial charge is 0.496 e. The summed E-state index contributed by atoms with van der Waals surface area (Å²) in [6.07, 6.45) is -0.750. The fraction of sp³-hybridized carbons (Fsp3) is 0.429. The first-order valence-electron chi connectivity index (χ1n) is 6.60. The van der Waals surface area contributed by atoms with E-state index in [2.05, 4.69) is 5.32 Å². The van der Waals surface area contributed by atoms with Crippen LogP contribution in [-0.2, 0) is 11.3 Å². The van der Waals surface area contributed by atoms with Gasteiger partial charge >= 0.3 is 12.0 Å². The summed E-state index contributed by atoms with van der Waals surface area (Å²) in [6, 6.07) is 5.74. The summed E-state index contributed by atoms with van der Waals surface area (Å²) in [4.78, 5) is 24.3. The zero-order chi connectivity index (χ0) is 15.4. The van der Waals surface area contributed by atoms with E-state index in [1.165, 1.54) is 7.11 Å². The van der Waals surface area contributed by atoms with Crippen LogP contribution in [0.4, 0.5) is 4.79 Å². The monoisotopic (exact) mass is 294 g/mol. The zero-order valence-electron chi connectivity index (χ0n) is 11.7. The van der Waals surface area contributed by atoms with Crippen molar-refractivity contribution in [3.63, 3.8) is 0 Å².